The molecule has 0 aliphatic rings. The van der Waals surface area contributed by atoms with Crippen LogP contribution in [0.2, 0.25) is 0 Å². The van der Waals surface area contributed by atoms with Crippen molar-refractivity contribution in [2.75, 3.05) is 5.32 Å². The standard InChI is InChI=1S/C19H23N3O2/c1-5-14(4)21-19(24)17-11-15(6-7-20-17)18(23)22-16-9-12(2)8-13(3)10-16/h6-11,14H,5H2,1-4H3,(H,21,24)(H,22,23). The van der Waals surface area contributed by atoms with E-state index >= 15 is 0 Å². The van der Waals surface area contributed by atoms with E-state index < -0.39 is 0 Å². The smallest absolute Gasteiger partial charge is 0.270 e. The monoisotopic (exact) mass is 325 g/mol. The predicted molar refractivity (Wildman–Crippen MR) is 95.3 cm³/mol. The molecule has 1 aromatic heterocycles. The van der Waals surface area contributed by atoms with Crippen molar-refractivity contribution in [2.24, 2.45) is 0 Å². The number of nitrogens with one attached hydrogen (secondary N) is 2. The van der Waals surface area contributed by atoms with E-state index in [0.29, 0.717) is 5.56 Å². The summed E-state index contributed by atoms with van der Waals surface area (Å²) in [7, 11) is 0. The average Bonchev–Trinajstić information content (AvgIpc) is 2.53. The van der Waals surface area contributed by atoms with Crippen LogP contribution in [0.25, 0.3) is 0 Å². The predicted octanol–water partition coefficient (Wildman–Crippen LogP) is 3.48. The quantitative estimate of drug-likeness (QED) is 0.884. The molecule has 2 aromatic rings. The number of rotatable bonds is 5. The van der Waals surface area contributed by atoms with Crippen molar-refractivity contribution in [3.8, 4) is 0 Å². The zero-order valence-electron chi connectivity index (χ0n) is 14.5. The first-order valence-corrected chi connectivity index (χ1v) is 8.05. The maximum absolute atomic E-state index is 12.4. The van der Waals surface area contributed by atoms with Gasteiger partial charge in [0.15, 0.2) is 0 Å². The molecule has 0 radical (unpaired) electrons. The van der Waals surface area contributed by atoms with E-state index in [1.807, 2.05) is 45.9 Å². The molecule has 5 heteroatoms. The molecule has 0 aliphatic carbocycles. The van der Waals surface area contributed by atoms with E-state index in [-0.39, 0.29) is 23.6 Å². The molecule has 0 aliphatic heterocycles. The minimum atomic E-state index is -0.273. The molecule has 0 fully saturated rings. The van der Waals surface area contributed by atoms with Crippen LogP contribution in [-0.2, 0) is 0 Å². The topological polar surface area (TPSA) is 71.1 Å². The Morgan fingerprint density at radius 3 is 2.38 bits per heavy atom. The van der Waals surface area contributed by atoms with Crippen molar-refractivity contribution >= 4 is 17.5 Å². The van der Waals surface area contributed by atoms with Gasteiger partial charge in [-0.2, -0.15) is 0 Å². The third-order valence-corrected chi connectivity index (χ3v) is 3.72. The van der Waals surface area contributed by atoms with Gasteiger partial charge in [0.05, 0.1) is 0 Å². The largest absolute Gasteiger partial charge is 0.348 e. The fourth-order valence-corrected chi connectivity index (χ4v) is 2.35. The Morgan fingerprint density at radius 1 is 1.08 bits per heavy atom. The summed E-state index contributed by atoms with van der Waals surface area (Å²) in [5, 5.41) is 5.70. The molecule has 1 aromatic carbocycles. The number of anilines is 1. The highest BCUT2D eigenvalue weighted by molar-refractivity contribution is 6.05. The molecule has 0 saturated heterocycles. The van der Waals surface area contributed by atoms with Gasteiger partial charge in [0.25, 0.3) is 11.8 Å². The van der Waals surface area contributed by atoms with Crippen LogP contribution in [0.3, 0.4) is 0 Å². The molecule has 2 N–H and O–H groups in total. The van der Waals surface area contributed by atoms with Gasteiger partial charge in [0.2, 0.25) is 0 Å². The first kappa shape index (κ1) is 17.7. The Kier molecular flexibility index (Phi) is 5.68. The van der Waals surface area contributed by atoms with Gasteiger partial charge in [-0.15, -0.1) is 0 Å². The molecule has 2 rings (SSSR count). The number of pyridine rings is 1. The van der Waals surface area contributed by atoms with Crippen LogP contribution in [0.5, 0.6) is 0 Å². The first-order valence-electron chi connectivity index (χ1n) is 8.05. The van der Waals surface area contributed by atoms with E-state index in [1.165, 1.54) is 12.3 Å². The fraction of sp³-hybridized carbons (Fsp3) is 0.316. The maximum atomic E-state index is 12.4. The van der Waals surface area contributed by atoms with Gasteiger partial charge in [0, 0.05) is 23.5 Å². The summed E-state index contributed by atoms with van der Waals surface area (Å²) in [6.07, 6.45) is 2.31. The Labute approximate surface area is 142 Å². The number of aromatic nitrogens is 1. The number of nitrogens with zero attached hydrogens (tertiary/aromatic N) is 1. The first-order chi connectivity index (χ1) is 11.4. The highest BCUT2D eigenvalue weighted by Crippen LogP contribution is 2.15. The maximum Gasteiger partial charge on any atom is 0.270 e. The summed E-state index contributed by atoms with van der Waals surface area (Å²) in [4.78, 5) is 28.6. The van der Waals surface area contributed by atoms with Gasteiger partial charge < -0.3 is 10.6 Å². The lowest BCUT2D eigenvalue weighted by Crippen LogP contribution is -2.32. The minimum absolute atomic E-state index is 0.0621. The van der Waals surface area contributed by atoms with Gasteiger partial charge in [0.1, 0.15) is 5.69 Å². The summed E-state index contributed by atoms with van der Waals surface area (Å²) < 4.78 is 0. The van der Waals surface area contributed by atoms with Crippen molar-refractivity contribution < 1.29 is 9.59 Å². The number of carbonyl (C=O) groups is 2. The lowest BCUT2D eigenvalue weighted by Gasteiger charge is -2.11. The van der Waals surface area contributed by atoms with Crippen molar-refractivity contribution in [3.63, 3.8) is 0 Å². The number of hydrogen-bond donors (Lipinski definition) is 2. The number of benzene rings is 1. The molecular formula is C19H23N3O2. The van der Waals surface area contributed by atoms with Crippen LogP contribution in [0, 0.1) is 13.8 Å². The Hall–Kier alpha value is -2.69. The van der Waals surface area contributed by atoms with E-state index in [4.69, 9.17) is 0 Å². The summed E-state index contributed by atoms with van der Waals surface area (Å²) in [6.45, 7) is 7.87. The molecule has 24 heavy (non-hydrogen) atoms. The van der Waals surface area contributed by atoms with Crippen LogP contribution < -0.4 is 10.6 Å². The third kappa shape index (κ3) is 4.65. The average molecular weight is 325 g/mol. The minimum Gasteiger partial charge on any atom is -0.348 e. The molecule has 1 heterocycles. The lowest BCUT2D eigenvalue weighted by molar-refractivity contribution is 0.0934. The number of aryl methyl sites for hydroxylation is 2. The molecule has 2 amide bonds. The lowest BCUT2D eigenvalue weighted by atomic mass is 10.1. The summed E-state index contributed by atoms with van der Waals surface area (Å²) in [5.74, 6) is -0.537. The Morgan fingerprint density at radius 2 is 1.75 bits per heavy atom. The highest BCUT2D eigenvalue weighted by atomic mass is 16.2. The van der Waals surface area contributed by atoms with Crippen LogP contribution >= 0.6 is 0 Å². The van der Waals surface area contributed by atoms with E-state index in [1.54, 1.807) is 6.07 Å². The van der Waals surface area contributed by atoms with Gasteiger partial charge in [-0.1, -0.05) is 13.0 Å². The molecule has 0 spiro atoms. The molecule has 0 bridgehead atoms. The molecule has 1 unspecified atom stereocenters. The number of hydrogen-bond acceptors (Lipinski definition) is 3. The summed E-state index contributed by atoms with van der Waals surface area (Å²) in [5.41, 5.74) is 3.53. The number of amides is 2. The van der Waals surface area contributed by atoms with Gasteiger partial charge in [-0.25, -0.2) is 0 Å². The van der Waals surface area contributed by atoms with Crippen molar-refractivity contribution in [2.45, 2.75) is 40.2 Å². The third-order valence-electron chi connectivity index (χ3n) is 3.72. The van der Waals surface area contributed by atoms with Crippen LogP contribution in [0.4, 0.5) is 5.69 Å². The second-order valence-corrected chi connectivity index (χ2v) is 6.04. The van der Waals surface area contributed by atoms with Crippen LogP contribution in [-0.4, -0.2) is 22.8 Å². The molecule has 1 atom stereocenters. The molecule has 126 valence electrons. The van der Waals surface area contributed by atoms with Crippen LogP contribution in [0.1, 0.15) is 52.2 Å². The second kappa shape index (κ2) is 7.73. The second-order valence-electron chi connectivity index (χ2n) is 6.04. The molecule has 5 nitrogen and oxygen atoms in total. The van der Waals surface area contributed by atoms with Crippen molar-refractivity contribution in [1.29, 1.82) is 0 Å². The SMILES string of the molecule is CCC(C)NC(=O)c1cc(C(=O)Nc2cc(C)cc(C)c2)ccn1. The van der Waals surface area contributed by atoms with E-state index in [2.05, 4.69) is 15.6 Å². The molecule has 0 saturated carbocycles. The van der Waals surface area contributed by atoms with Crippen molar-refractivity contribution in [1.82, 2.24) is 10.3 Å². The van der Waals surface area contributed by atoms with Crippen molar-refractivity contribution in [3.05, 3.63) is 58.9 Å². The summed E-state index contributed by atoms with van der Waals surface area (Å²) in [6, 6.07) is 9.02. The van der Waals surface area contributed by atoms with Gasteiger partial charge in [-0.3, -0.25) is 14.6 Å². The molecular weight excluding hydrogens is 302 g/mol. The fourth-order valence-electron chi connectivity index (χ4n) is 2.35. The van der Waals surface area contributed by atoms with Crippen LogP contribution in [0.15, 0.2) is 36.5 Å². The van der Waals surface area contributed by atoms with Gasteiger partial charge >= 0.3 is 0 Å². The Balaban J connectivity index is 2.15. The Bertz CT molecular complexity index is 736. The van der Waals surface area contributed by atoms with E-state index in [9.17, 15) is 9.59 Å². The zero-order valence-corrected chi connectivity index (χ0v) is 14.5. The van der Waals surface area contributed by atoms with E-state index in [0.717, 1.165) is 23.2 Å². The summed E-state index contributed by atoms with van der Waals surface area (Å²) >= 11 is 0. The van der Waals surface area contributed by atoms with Gasteiger partial charge in [-0.05, 0) is 62.6 Å². The zero-order chi connectivity index (χ0) is 17.7. The number of carbonyl (C=O) groups excluding carboxylic acids is 2. The normalized spacial score (nSPS) is 11.7. The highest BCUT2D eigenvalue weighted by Gasteiger charge is 2.13.